The van der Waals surface area contributed by atoms with Crippen molar-refractivity contribution in [2.75, 3.05) is 5.32 Å². The predicted molar refractivity (Wildman–Crippen MR) is 91.0 cm³/mol. The van der Waals surface area contributed by atoms with Gasteiger partial charge < -0.3 is 10.4 Å². The predicted octanol–water partition coefficient (Wildman–Crippen LogP) is 4.22. The van der Waals surface area contributed by atoms with Crippen LogP contribution in [0, 0.1) is 5.82 Å². The Labute approximate surface area is 138 Å². The quantitative estimate of drug-likeness (QED) is 0.759. The summed E-state index contributed by atoms with van der Waals surface area (Å²) in [5, 5.41) is 13.0. The molecule has 0 aliphatic rings. The smallest absolute Gasteiger partial charge is 0.221 e. The number of aromatic hydroxyl groups is 1. The van der Waals surface area contributed by atoms with Crippen molar-refractivity contribution < 1.29 is 14.3 Å². The molecule has 1 heterocycles. The van der Waals surface area contributed by atoms with Crippen LogP contribution < -0.4 is 5.32 Å². The van der Waals surface area contributed by atoms with Gasteiger partial charge in [-0.3, -0.25) is 9.78 Å². The van der Waals surface area contributed by atoms with Gasteiger partial charge in [-0.2, -0.15) is 0 Å². The number of hydrogen-bond donors (Lipinski definition) is 2. The number of carbonyl (C=O) groups excluding carboxylic acids is 1. The van der Waals surface area contributed by atoms with E-state index in [1.54, 1.807) is 48.8 Å². The lowest BCUT2D eigenvalue weighted by Crippen LogP contribution is -2.07. The van der Waals surface area contributed by atoms with Gasteiger partial charge in [0.1, 0.15) is 11.6 Å². The fourth-order valence-corrected chi connectivity index (χ4v) is 2.51. The maximum absolute atomic E-state index is 14.1. The molecule has 1 amide bonds. The summed E-state index contributed by atoms with van der Waals surface area (Å²) >= 11 is 0. The highest BCUT2D eigenvalue weighted by Gasteiger charge is 2.13. The highest BCUT2D eigenvalue weighted by molar-refractivity contribution is 5.89. The van der Waals surface area contributed by atoms with E-state index >= 15 is 0 Å². The lowest BCUT2D eigenvalue weighted by molar-refractivity contribution is -0.114. The fourth-order valence-electron chi connectivity index (χ4n) is 2.51. The summed E-state index contributed by atoms with van der Waals surface area (Å²) in [5.74, 6) is -0.837. The molecule has 2 N–H and O–H groups in total. The summed E-state index contributed by atoms with van der Waals surface area (Å²) in [6, 6.07) is 13.3. The van der Waals surface area contributed by atoms with Crippen molar-refractivity contribution >= 4 is 11.6 Å². The first-order valence-electron chi connectivity index (χ1n) is 7.36. The standard InChI is InChI=1S/C19H15FN2O2/c1-12(23)22-18-6-5-14(11-17(18)20)16-4-2-3-15(19(16)24)13-7-9-21-10-8-13/h2-11,24H,1H3,(H,22,23). The fraction of sp³-hybridized carbons (Fsp3) is 0.0526. The number of pyridine rings is 1. The molecule has 0 saturated carbocycles. The SMILES string of the molecule is CC(=O)Nc1ccc(-c2cccc(-c3ccncc3)c2O)cc1F. The van der Waals surface area contributed by atoms with E-state index in [1.807, 2.05) is 0 Å². The number of aromatic nitrogens is 1. The molecule has 24 heavy (non-hydrogen) atoms. The van der Waals surface area contributed by atoms with Gasteiger partial charge in [0.2, 0.25) is 5.91 Å². The van der Waals surface area contributed by atoms with Gasteiger partial charge >= 0.3 is 0 Å². The Hall–Kier alpha value is -3.21. The lowest BCUT2D eigenvalue weighted by atomic mass is 9.97. The Bertz CT molecular complexity index is 895. The maximum atomic E-state index is 14.1. The van der Waals surface area contributed by atoms with Crippen LogP contribution in [0.2, 0.25) is 0 Å². The Balaban J connectivity index is 2.04. The first-order valence-corrected chi connectivity index (χ1v) is 7.36. The molecule has 3 rings (SSSR count). The Kier molecular flexibility index (Phi) is 4.24. The molecular formula is C19H15FN2O2. The van der Waals surface area contributed by atoms with E-state index in [0.29, 0.717) is 16.7 Å². The topological polar surface area (TPSA) is 62.2 Å². The van der Waals surface area contributed by atoms with Gasteiger partial charge in [-0.25, -0.2) is 4.39 Å². The second-order valence-corrected chi connectivity index (χ2v) is 5.31. The Morgan fingerprint density at radius 1 is 1.04 bits per heavy atom. The summed E-state index contributed by atoms with van der Waals surface area (Å²) in [4.78, 5) is 15.0. The zero-order valence-electron chi connectivity index (χ0n) is 13.0. The van der Waals surface area contributed by atoms with Crippen molar-refractivity contribution in [1.29, 1.82) is 0 Å². The van der Waals surface area contributed by atoms with E-state index in [1.165, 1.54) is 19.1 Å². The minimum Gasteiger partial charge on any atom is -0.507 e. The van der Waals surface area contributed by atoms with E-state index in [9.17, 15) is 14.3 Å². The third kappa shape index (κ3) is 3.10. The van der Waals surface area contributed by atoms with Crippen LogP contribution in [0.15, 0.2) is 60.9 Å². The van der Waals surface area contributed by atoms with Crippen LogP contribution in [0.25, 0.3) is 22.3 Å². The van der Waals surface area contributed by atoms with Gasteiger partial charge in [-0.15, -0.1) is 0 Å². The Morgan fingerprint density at radius 2 is 1.71 bits per heavy atom. The largest absolute Gasteiger partial charge is 0.507 e. The van der Waals surface area contributed by atoms with Gasteiger partial charge in [0, 0.05) is 30.4 Å². The second-order valence-electron chi connectivity index (χ2n) is 5.31. The molecule has 0 bridgehead atoms. The van der Waals surface area contributed by atoms with Crippen LogP contribution in [0.4, 0.5) is 10.1 Å². The second kappa shape index (κ2) is 6.50. The van der Waals surface area contributed by atoms with Crippen molar-refractivity contribution in [1.82, 2.24) is 4.98 Å². The first kappa shape index (κ1) is 15.7. The maximum Gasteiger partial charge on any atom is 0.221 e. The van der Waals surface area contributed by atoms with E-state index in [0.717, 1.165) is 5.56 Å². The zero-order chi connectivity index (χ0) is 17.1. The molecule has 5 heteroatoms. The van der Waals surface area contributed by atoms with Crippen molar-refractivity contribution in [2.24, 2.45) is 0 Å². The number of phenols is 1. The summed E-state index contributed by atoms with van der Waals surface area (Å²) in [6.07, 6.45) is 3.28. The molecule has 0 aliphatic heterocycles. The van der Waals surface area contributed by atoms with Crippen molar-refractivity contribution in [2.45, 2.75) is 6.92 Å². The highest BCUT2D eigenvalue weighted by atomic mass is 19.1. The zero-order valence-corrected chi connectivity index (χ0v) is 13.0. The van der Waals surface area contributed by atoms with Crippen LogP contribution in [0.1, 0.15) is 6.92 Å². The highest BCUT2D eigenvalue weighted by Crippen LogP contribution is 2.38. The molecule has 4 nitrogen and oxygen atoms in total. The molecule has 0 atom stereocenters. The lowest BCUT2D eigenvalue weighted by Gasteiger charge is -2.11. The number of nitrogens with one attached hydrogen (secondary N) is 1. The van der Waals surface area contributed by atoms with Crippen molar-refractivity contribution in [3.05, 3.63) is 66.7 Å². The number of carbonyl (C=O) groups is 1. The molecule has 3 aromatic rings. The summed E-state index contributed by atoms with van der Waals surface area (Å²) < 4.78 is 14.1. The Morgan fingerprint density at radius 3 is 2.33 bits per heavy atom. The number of halogens is 1. The molecule has 2 aromatic carbocycles. The van der Waals surface area contributed by atoms with Crippen LogP contribution in [0.5, 0.6) is 5.75 Å². The average molecular weight is 322 g/mol. The van der Waals surface area contributed by atoms with Crippen LogP contribution in [-0.4, -0.2) is 16.0 Å². The van der Waals surface area contributed by atoms with Crippen molar-refractivity contribution in [3.8, 4) is 28.0 Å². The third-order valence-corrected chi connectivity index (χ3v) is 3.62. The number of para-hydroxylation sites is 1. The van der Waals surface area contributed by atoms with Crippen LogP contribution in [-0.2, 0) is 4.79 Å². The molecular weight excluding hydrogens is 307 g/mol. The molecule has 0 radical (unpaired) electrons. The van der Waals surface area contributed by atoms with Crippen LogP contribution in [0.3, 0.4) is 0 Å². The summed E-state index contributed by atoms with van der Waals surface area (Å²) in [5.41, 5.74) is 2.60. The third-order valence-electron chi connectivity index (χ3n) is 3.62. The van der Waals surface area contributed by atoms with Crippen molar-refractivity contribution in [3.63, 3.8) is 0 Å². The van der Waals surface area contributed by atoms with Gasteiger partial charge in [-0.1, -0.05) is 24.3 Å². The van der Waals surface area contributed by atoms with Crippen LogP contribution >= 0.6 is 0 Å². The minimum absolute atomic E-state index is 0.0652. The number of anilines is 1. The van der Waals surface area contributed by atoms with Gasteiger partial charge in [-0.05, 0) is 35.4 Å². The van der Waals surface area contributed by atoms with E-state index in [4.69, 9.17) is 0 Å². The summed E-state index contributed by atoms with van der Waals surface area (Å²) in [7, 11) is 0. The number of amides is 1. The van der Waals surface area contributed by atoms with Gasteiger partial charge in [0.15, 0.2) is 0 Å². The normalized spacial score (nSPS) is 10.4. The number of hydrogen-bond acceptors (Lipinski definition) is 3. The molecule has 0 fully saturated rings. The molecule has 0 spiro atoms. The summed E-state index contributed by atoms with van der Waals surface area (Å²) in [6.45, 7) is 1.32. The molecule has 120 valence electrons. The molecule has 0 saturated heterocycles. The van der Waals surface area contributed by atoms with E-state index in [2.05, 4.69) is 10.3 Å². The van der Waals surface area contributed by atoms with E-state index < -0.39 is 5.82 Å². The average Bonchev–Trinajstić information content (AvgIpc) is 2.57. The number of benzene rings is 2. The molecule has 0 aliphatic carbocycles. The van der Waals surface area contributed by atoms with Gasteiger partial charge in [0.05, 0.1) is 5.69 Å². The first-order chi connectivity index (χ1) is 11.6. The van der Waals surface area contributed by atoms with E-state index in [-0.39, 0.29) is 17.3 Å². The monoisotopic (exact) mass is 322 g/mol. The molecule has 1 aromatic heterocycles. The number of phenolic OH excluding ortho intramolecular Hbond substituents is 1. The van der Waals surface area contributed by atoms with Gasteiger partial charge in [0.25, 0.3) is 0 Å². The number of nitrogens with zero attached hydrogens (tertiary/aromatic N) is 1. The molecule has 0 unspecified atom stereocenters. The number of rotatable bonds is 3. The minimum atomic E-state index is -0.559.